The lowest BCUT2D eigenvalue weighted by Gasteiger charge is -1.93. The molecule has 2 aromatic heterocycles. The molecule has 0 saturated heterocycles. The molecule has 0 aliphatic heterocycles. The zero-order chi connectivity index (χ0) is 9.42. The Morgan fingerprint density at radius 2 is 2.15 bits per heavy atom. The van der Waals surface area contributed by atoms with Crippen LogP contribution in [0.25, 0.3) is 11.2 Å². The monoisotopic (exact) mass is 172 g/mol. The molecular formula is C9H8N4. The minimum atomic E-state index is 0.594. The fraction of sp³-hybridized carbons (Fsp3) is 0.222. The van der Waals surface area contributed by atoms with Crippen LogP contribution in [0.2, 0.25) is 0 Å². The molecule has 4 nitrogen and oxygen atoms in total. The fourth-order valence-electron chi connectivity index (χ4n) is 1.26. The summed E-state index contributed by atoms with van der Waals surface area (Å²) in [5.74, 6) is 0.817. The van der Waals surface area contributed by atoms with Crippen molar-refractivity contribution in [3.63, 3.8) is 0 Å². The summed E-state index contributed by atoms with van der Waals surface area (Å²) < 4.78 is 0. The summed E-state index contributed by atoms with van der Waals surface area (Å²) in [7, 11) is 0. The van der Waals surface area contributed by atoms with Crippen LogP contribution in [0.4, 0.5) is 0 Å². The molecule has 0 spiro atoms. The Balaban J connectivity index is 2.82. The van der Waals surface area contributed by atoms with E-state index in [9.17, 15) is 0 Å². The van der Waals surface area contributed by atoms with E-state index in [1.54, 1.807) is 6.07 Å². The van der Waals surface area contributed by atoms with Crippen molar-refractivity contribution in [3.05, 3.63) is 23.1 Å². The molecule has 64 valence electrons. The molecule has 0 atom stereocenters. The second kappa shape index (κ2) is 2.56. The van der Waals surface area contributed by atoms with E-state index in [0.717, 1.165) is 17.0 Å². The smallest absolute Gasteiger partial charge is 0.178 e. The maximum atomic E-state index is 8.76. The quantitative estimate of drug-likeness (QED) is 0.654. The highest BCUT2D eigenvalue weighted by molar-refractivity contribution is 5.72. The lowest BCUT2D eigenvalue weighted by atomic mass is 10.2. The first kappa shape index (κ1) is 7.74. The molecule has 2 heterocycles. The average Bonchev–Trinajstić information content (AvgIpc) is 2.42. The van der Waals surface area contributed by atoms with Crippen LogP contribution in [-0.4, -0.2) is 15.0 Å². The zero-order valence-corrected chi connectivity index (χ0v) is 7.42. The summed E-state index contributed by atoms with van der Waals surface area (Å²) in [4.78, 5) is 11.4. The van der Waals surface area contributed by atoms with E-state index >= 15 is 0 Å². The minimum Gasteiger partial charge on any atom is -0.341 e. The van der Waals surface area contributed by atoms with Crippen LogP contribution in [-0.2, 0) is 0 Å². The Bertz CT molecular complexity index is 504. The van der Waals surface area contributed by atoms with Gasteiger partial charge in [0.2, 0.25) is 0 Å². The van der Waals surface area contributed by atoms with Crippen molar-refractivity contribution in [2.24, 2.45) is 0 Å². The molecule has 2 aromatic rings. The fourth-order valence-corrected chi connectivity index (χ4v) is 1.26. The standard InChI is InChI=1S/C9H8N4/c1-5-7(4-10)3-8-9(11-5)13-6(2)12-8/h3H,1-2H3,(H,11,12,13). The first-order valence-corrected chi connectivity index (χ1v) is 3.95. The van der Waals surface area contributed by atoms with Gasteiger partial charge in [0, 0.05) is 0 Å². The Labute approximate surface area is 75.2 Å². The van der Waals surface area contributed by atoms with Crippen molar-refractivity contribution in [1.29, 1.82) is 5.26 Å². The number of hydrogen-bond donors (Lipinski definition) is 1. The van der Waals surface area contributed by atoms with Gasteiger partial charge in [0.15, 0.2) is 5.65 Å². The number of aromatic nitrogens is 3. The topological polar surface area (TPSA) is 65.4 Å². The van der Waals surface area contributed by atoms with Crippen LogP contribution in [0, 0.1) is 25.2 Å². The molecule has 0 bridgehead atoms. The van der Waals surface area contributed by atoms with Gasteiger partial charge in [0.1, 0.15) is 11.9 Å². The third kappa shape index (κ3) is 1.14. The third-order valence-electron chi connectivity index (χ3n) is 1.90. The molecule has 0 radical (unpaired) electrons. The number of nitriles is 1. The van der Waals surface area contributed by atoms with Crippen molar-refractivity contribution in [3.8, 4) is 6.07 Å². The van der Waals surface area contributed by atoms with E-state index in [0.29, 0.717) is 11.2 Å². The van der Waals surface area contributed by atoms with Crippen LogP contribution in [0.5, 0.6) is 0 Å². The number of hydrogen-bond acceptors (Lipinski definition) is 3. The molecule has 0 fully saturated rings. The van der Waals surface area contributed by atoms with E-state index in [-0.39, 0.29) is 0 Å². The van der Waals surface area contributed by atoms with Crippen molar-refractivity contribution in [2.75, 3.05) is 0 Å². The highest BCUT2D eigenvalue weighted by atomic mass is 15.0. The number of aryl methyl sites for hydroxylation is 2. The Morgan fingerprint density at radius 3 is 2.85 bits per heavy atom. The van der Waals surface area contributed by atoms with Crippen molar-refractivity contribution >= 4 is 11.2 Å². The van der Waals surface area contributed by atoms with Crippen LogP contribution < -0.4 is 0 Å². The second-order valence-electron chi connectivity index (χ2n) is 2.93. The number of rotatable bonds is 0. The van der Waals surface area contributed by atoms with E-state index in [1.165, 1.54) is 0 Å². The van der Waals surface area contributed by atoms with Gasteiger partial charge in [-0.05, 0) is 19.9 Å². The van der Waals surface area contributed by atoms with Crippen molar-refractivity contribution in [2.45, 2.75) is 13.8 Å². The summed E-state index contributed by atoms with van der Waals surface area (Å²) in [6.45, 7) is 3.67. The molecule has 0 saturated carbocycles. The number of H-pyrrole nitrogens is 1. The number of aromatic amines is 1. The Hall–Kier alpha value is -1.89. The average molecular weight is 172 g/mol. The number of nitrogens with one attached hydrogen (secondary N) is 1. The van der Waals surface area contributed by atoms with Gasteiger partial charge in [-0.15, -0.1) is 0 Å². The highest BCUT2D eigenvalue weighted by Gasteiger charge is 2.05. The number of imidazole rings is 1. The molecule has 0 unspecified atom stereocenters. The SMILES string of the molecule is Cc1nc2nc(C)c(C#N)cc2[nH]1. The third-order valence-corrected chi connectivity index (χ3v) is 1.90. The summed E-state index contributed by atoms with van der Waals surface area (Å²) >= 11 is 0. The summed E-state index contributed by atoms with van der Waals surface area (Å²) in [5, 5.41) is 8.76. The van der Waals surface area contributed by atoms with E-state index < -0.39 is 0 Å². The molecular weight excluding hydrogens is 164 g/mol. The van der Waals surface area contributed by atoms with Gasteiger partial charge >= 0.3 is 0 Å². The lowest BCUT2D eigenvalue weighted by Crippen LogP contribution is -1.88. The predicted octanol–water partition coefficient (Wildman–Crippen LogP) is 1.45. The highest BCUT2D eigenvalue weighted by Crippen LogP contribution is 2.13. The largest absolute Gasteiger partial charge is 0.341 e. The summed E-state index contributed by atoms with van der Waals surface area (Å²) in [5.41, 5.74) is 2.81. The van der Waals surface area contributed by atoms with E-state index in [4.69, 9.17) is 5.26 Å². The predicted molar refractivity (Wildman–Crippen MR) is 48.1 cm³/mol. The summed E-state index contributed by atoms with van der Waals surface area (Å²) in [6, 6.07) is 3.86. The van der Waals surface area contributed by atoms with Crippen LogP contribution in [0.1, 0.15) is 17.1 Å². The van der Waals surface area contributed by atoms with Gasteiger partial charge in [-0.1, -0.05) is 0 Å². The molecule has 4 heteroatoms. The summed E-state index contributed by atoms with van der Waals surface area (Å²) in [6.07, 6.45) is 0. The van der Waals surface area contributed by atoms with Gasteiger partial charge < -0.3 is 4.98 Å². The Morgan fingerprint density at radius 1 is 1.38 bits per heavy atom. The molecule has 0 aliphatic carbocycles. The molecule has 1 N–H and O–H groups in total. The van der Waals surface area contributed by atoms with Gasteiger partial charge in [-0.25, -0.2) is 9.97 Å². The first-order valence-electron chi connectivity index (χ1n) is 3.95. The number of fused-ring (bicyclic) bond motifs is 1. The number of pyridine rings is 1. The zero-order valence-electron chi connectivity index (χ0n) is 7.42. The molecule has 13 heavy (non-hydrogen) atoms. The van der Waals surface area contributed by atoms with Crippen LogP contribution in [0.15, 0.2) is 6.07 Å². The minimum absolute atomic E-state index is 0.594. The molecule has 0 aliphatic rings. The maximum Gasteiger partial charge on any atom is 0.178 e. The van der Waals surface area contributed by atoms with E-state index in [1.807, 2.05) is 13.8 Å². The van der Waals surface area contributed by atoms with E-state index in [2.05, 4.69) is 21.0 Å². The van der Waals surface area contributed by atoms with Gasteiger partial charge in [0.25, 0.3) is 0 Å². The molecule has 0 aromatic carbocycles. The van der Waals surface area contributed by atoms with Crippen LogP contribution in [0.3, 0.4) is 0 Å². The lowest BCUT2D eigenvalue weighted by molar-refractivity contribution is 1.15. The normalized spacial score (nSPS) is 10.2. The van der Waals surface area contributed by atoms with Crippen molar-refractivity contribution in [1.82, 2.24) is 15.0 Å². The van der Waals surface area contributed by atoms with Gasteiger partial charge in [-0.2, -0.15) is 5.26 Å². The van der Waals surface area contributed by atoms with Crippen molar-refractivity contribution < 1.29 is 0 Å². The molecule has 0 amide bonds. The Kier molecular flexibility index (Phi) is 1.52. The number of nitrogens with zero attached hydrogens (tertiary/aromatic N) is 3. The maximum absolute atomic E-state index is 8.76. The van der Waals surface area contributed by atoms with Gasteiger partial charge in [-0.3, -0.25) is 0 Å². The second-order valence-corrected chi connectivity index (χ2v) is 2.93. The van der Waals surface area contributed by atoms with Crippen LogP contribution >= 0.6 is 0 Å². The van der Waals surface area contributed by atoms with Gasteiger partial charge in [0.05, 0.1) is 16.8 Å². The molecule has 2 rings (SSSR count). The first-order chi connectivity index (χ1) is 6.20.